The SMILES string of the molecule is O=C(O)Cc1ccc(-c2cnn(C3CCCCC3)c2)cc1F. The molecule has 0 atom stereocenters. The second-order valence-electron chi connectivity index (χ2n) is 5.88. The molecule has 1 aliphatic rings. The first kappa shape index (κ1) is 14.8. The van der Waals surface area contributed by atoms with E-state index >= 15 is 0 Å². The quantitative estimate of drug-likeness (QED) is 0.934. The molecule has 0 aliphatic heterocycles. The normalized spacial score (nSPS) is 15.9. The van der Waals surface area contributed by atoms with E-state index in [1.54, 1.807) is 12.3 Å². The number of carbonyl (C=O) groups is 1. The third kappa shape index (κ3) is 3.18. The molecule has 0 bridgehead atoms. The molecule has 2 aromatic rings. The Labute approximate surface area is 128 Å². The third-order valence-electron chi connectivity index (χ3n) is 4.28. The Morgan fingerprint density at radius 2 is 2.05 bits per heavy atom. The summed E-state index contributed by atoms with van der Waals surface area (Å²) in [6.45, 7) is 0. The summed E-state index contributed by atoms with van der Waals surface area (Å²) >= 11 is 0. The van der Waals surface area contributed by atoms with E-state index in [1.165, 1.54) is 31.4 Å². The lowest BCUT2D eigenvalue weighted by Gasteiger charge is -2.21. The number of hydrogen-bond acceptors (Lipinski definition) is 2. The molecule has 1 aliphatic carbocycles. The molecule has 3 rings (SSSR count). The van der Waals surface area contributed by atoms with Gasteiger partial charge in [-0.15, -0.1) is 0 Å². The molecule has 5 heteroatoms. The van der Waals surface area contributed by atoms with Gasteiger partial charge in [-0.25, -0.2) is 4.39 Å². The van der Waals surface area contributed by atoms with Gasteiger partial charge in [-0.1, -0.05) is 31.4 Å². The summed E-state index contributed by atoms with van der Waals surface area (Å²) in [7, 11) is 0. The van der Waals surface area contributed by atoms with Gasteiger partial charge in [0.2, 0.25) is 0 Å². The zero-order valence-corrected chi connectivity index (χ0v) is 12.3. The number of benzene rings is 1. The number of nitrogens with zero attached hydrogens (tertiary/aromatic N) is 2. The summed E-state index contributed by atoms with van der Waals surface area (Å²) in [5.41, 5.74) is 1.80. The van der Waals surface area contributed by atoms with Crippen molar-refractivity contribution in [3.05, 3.63) is 42.0 Å². The summed E-state index contributed by atoms with van der Waals surface area (Å²) in [6, 6.07) is 5.12. The number of halogens is 1. The van der Waals surface area contributed by atoms with Crippen LogP contribution in [0.15, 0.2) is 30.6 Å². The van der Waals surface area contributed by atoms with Gasteiger partial charge in [-0.3, -0.25) is 9.48 Å². The minimum absolute atomic E-state index is 0.205. The molecule has 22 heavy (non-hydrogen) atoms. The molecule has 1 fully saturated rings. The lowest BCUT2D eigenvalue weighted by atomic mass is 9.96. The van der Waals surface area contributed by atoms with Crippen LogP contribution < -0.4 is 0 Å². The first-order valence-electron chi connectivity index (χ1n) is 7.68. The topological polar surface area (TPSA) is 55.1 Å². The second-order valence-corrected chi connectivity index (χ2v) is 5.88. The lowest BCUT2D eigenvalue weighted by Crippen LogP contribution is -2.12. The van der Waals surface area contributed by atoms with Crippen molar-refractivity contribution in [2.75, 3.05) is 0 Å². The van der Waals surface area contributed by atoms with Crippen molar-refractivity contribution in [2.45, 2.75) is 44.6 Å². The number of hydrogen-bond donors (Lipinski definition) is 1. The van der Waals surface area contributed by atoms with Crippen molar-refractivity contribution in [2.24, 2.45) is 0 Å². The summed E-state index contributed by atoms with van der Waals surface area (Å²) in [5.74, 6) is -1.51. The van der Waals surface area contributed by atoms with Crippen LogP contribution in [0.5, 0.6) is 0 Å². The van der Waals surface area contributed by atoms with E-state index in [0.29, 0.717) is 6.04 Å². The number of carboxylic acids is 1. The van der Waals surface area contributed by atoms with Crippen LogP contribution in [0.4, 0.5) is 4.39 Å². The molecular formula is C17H19FN2O2. The fourth-order valence-corrected chi connectivity index (χ4v) is 3.07. The zero-order chi connectivity index (χ0) is 15.5. The van der Waals surface area contributed by atoms with Crippen molar-refractivity contribution in [3.8, 4) is 11.1 Å². The summed E-state index contributed by atoms with van der Waals surface area (Å²) < 4.78 is 16.0. The minimum atomic E-state index is -1.03. The van der Waals surface area contributed by atoms with E-state index in [2.05, 4.69) is 5.10 Å². The van der Waals surface area contributed by atoms with Gasteiger partial charge in [0.15, 0.2) is 0 Å². The minimum Gasteiger partial charge on any atom is -0.481 e. The van der Waals surface area contributed by atoms with E-state index in [9.17, 15) is 9.18 Å². The van der Waals surface area contributed by atoms with Crippen LogP contribution in [0.3, 0.4) is 0 Å². The van der Waals surface area contributed by atoms with Crippen LogP contribution in [0.1, 0.15) is 43.7 Å². The van der Waals surface area contributed by atoms with E-state index in [1.807, 2.05) is 10.9 Å². The molecule has 1 aromatic carbocycles. The molecule has 0 unspecified atom stereocenters. The van der Waals surface area contributed by atoms with Gasteiger partial charge in [0.1, 0.15) is 5.82 Å². The van der Waals surface area contributed by atoms with Gasteiger partial charge in [0, 0.05) is 11.8 Å². The van der Waals surface area contributed by atoms with Crippen LogP contribution in [0, 0.1) is 5.82 Å². The molecule has 0 amide bonds. The highest BCUT2D eigenvalue weighted by molar-refractivity contribution is 5.71. The van der Waals surface area contributed by atoms with Crippen molar-refractivity contribution < 1.29 is 14.3 Å². The maximum atomic E-state index is 14.0. The standard InChI is InChI=1S/C17H19FN2O2/c18-16-8-12(6-7-13(16)9-17(21)22)14-10-19-20(11-14)15-4-2-1-3-5-15/h6-8,10-11,15H,1-5,9H2,(H,21,22). The Morgan fingerprint density at radius 1 is 1.27 bits per heavy atom. The predicted octanol–water partition coefficient (Wildman–Crippen LogP) is 3.82. The predicted molar refractivity (Wildman–Crippen MR) is 81.1 cm³/mol. The number of aliphatic carboxylic acids is 1. The fourth-order valence-electron chi connectivity index (χ4n) is 3.07. The third-order valence-corrected chi connectivity index (χ3v) is 4.28. The van der Waals surface area contributed by atoms with Crippen molar-refractivity contribution in [1.82, 2.24) is 9.78 Å². The Morgan fingerprint density at radius 3 is 2.73 bits per heavy atom. The molecule has 0 radical (unpaired) electrons. The second kappa shape index (κ2) is 6.30. The van der Waals surface area contributed by atoms with Crippen LogP contribution in [-0.4, -0.2) is 20.9 Å². The van der Waals surface area contributed by atoms with Gasteiger partial charge in [0.05, 0.1) is 18.7 Å². The average molecular weight is 302 g/mol. The van der Waals surface area contributed by atoms with Gasteiger partial charge in [0.25, 0.3) is 0 Å². The molecule has 1 heterocycles. The maximum absolute atomic E-state index is 14.0. The average Bonchev–Trinajstić information content (AvgIpc) is 3.00. The van der Waals surface area contributed by atoms with Gasteiger partial charge in [-0.2, -0.15) is 5.10 Å². The molecule has 1 aromatic heterocycles. The van der Waals surface area contributed by atoms with Crippen molar-refractivity contribution >= 4 is 5.97 Å². The fraction of sp³-hybridized carbons (Fsp3) is 0.412. The van der Waals surface area contributed by atoms with Gasteiger partial charge >= 0.3 is 5.97 Å². The summed E-state index contributed by atoms with van der Waals surface area (Å²) in [4.78, 5) is 10.7. The highest BCUT2D eigenvalue weighted by Gasteiger charge is 2.16. The summed E-state index contributed by atoms with van der Waals surface area (Å²) in [5, 5.41) is 13.2. The highest BCUT2D eigenvalue weighted by atomic mass is 19.1. The Hall–Kier alpha value is -2.17. The van der Waals surface area contributed by atoms with E-state index in [0.717, 1.165) is 24.0 Å². The number of rotatable bonds is 4. The zero-order valence-electron chi connectivity index (χ0n) is 12.3. The van der Waals surface area contributed by atoms with E-state index < -0.39 is 11.8 Å². The molecule has 4 nitrogen and oxygen atoms in total. The Kier molecular flexibility index (Phi) is 4.22. The van der Waals surface area contributed by atoms with Crippen molar-refractivity contribution in [1.29, 1.82) is 0 Å². The molecule has 1 N–H and O–H groups in total. The lowest BCUT2D eigenvalue weighted by molar-refractivity contribution is -0.136. The Bertz CT molecular complexity index is 675. The molecule has 0 saturated heterocycles. The first-order valence-corrected chi connectivity index (χ1v) is 7.68. The summed E-state index contributed by atoms with van der Waals surface area (Å²) in [6.07, 6.45) is 9.47. The van der Waals surface area contributed by atoms with Gasteiger partial charge < -0.3 is 5.11 Å². The van der Waals surface area contributed by atoms with Crippen LogP contribution >= 0.6 is 0 Å². The van der Waals surface area contributed by atoms with E-state index in [-0.39, 0.29) is 12.0 Å². The maximum Gasteiger partial charge on any atom is 0.307 e. The first-order chi connectivity index (χ1) is 10.6. The largest absolute Gasteiger partial charge is 0.481 e. The van der Waals surface area contributed by atoms with Gasteiger partial charge in [-0.05, 0) is 30.0 Å². The highest BCUT2D eigenvalue weighted by Crippen LogP contribution is 2.29. The number of carboxylic acid groups (broad SMARTS) is 1. The number of aromatic nitrogens is 2. The Balaban J connectivity index is 1.80. The monoisotopic (exact) mass is 302 g/mol. The van der Waals surface area contributed by atoms with Crippen LogP contribution in [0.2, 0.25) is 0 Å². The van der Waals surface area contributed by atoms with Crippen molar-refractivity contribution in [3.63, 3.8) is 0 Å². The smallest absolute Gasteiger partial charge is 0.307 e. The molecule has 1 saturated carbocycles. The van der Waals surface area contributed by atoms with Crippen LogP contribution in [-0.2, 0) is 11.2 Å². The van der Waals surface area contributed by atoms with Crippen LogP contribution in [0.25, 0.3) is 11.1 Å². The van der Waals surface area contributed by atoms with E-state index in [4.69, 9.17) is 5.11 Å². The molecule has 116 valence electrons. The molecular weight excluding hydrogens is 283 g/mol. The molecule has 0 spiro atoms.